The van der Waals surface area contributed by atoms with Crippen LogP contribution in [0.2, 0.25) is 0 Å². The third-order valence-corrected chi connectivity index (χ3v) is 8.79. The van der Waals surface area contributed by atoms with Crippen molar-refractivity contribution in [2.45, 2.75) is 77.3 Å². The molecule has 4 aromatic rings. The molecule has 0 spiro atoms. The van der Waals surface area contributed by atoms with Crippen LogP contribution in [0, 0.1) is 13.8 Å². The molecule has 0 radical (unpaired) electrons. The van der Waals surface area contributed by atoms with E-state index in [-0.39, 0.29) is 0 Å². The highest BCUT2D eigenvalue weighted by Crippen LogP contribution is 2.41. The Morgan fingerprint density at radius 1 is 1.06 bits per heavy atom. The van der Waals surface area contributed by atoms with Crippen molar-refractivity contribution in [2.24, 2.45) is 0 Å². The lowest BCUT2D eigenvalue weighted by Crippen LogP contribution is -2.52. The van der Waals surface area contributed by atoms with Crippen LogP contribution in [-0.4, -0.2) is 56.8 Å². The fourth-order valence-electron chi connectivity index (χ4n) is 6.33. The van der Waals surface area contributed by atoms with Crippen molar-refractivity contribution >= 4 is 16.6 Å². The molecule has 0 unspecified atom stereocenters. The first-order chi connectivity index (χ1) is 16.9. The van der Waals surface area contributed by atoms with Crippen LogP contribution in [0.15, 0.2) is 30.7 Å². The Morgan fingerprint density at radius 3 is 2.51 bits per heavy atom. The number of aryl methyl sites for hydroxylation is 1. The van der Waals surface area contributed by atoms with Crippen LogP contribution < -0.4 is 0 Å². The highest BCUT2D eigenvalue weighted by Gasteiger charge is 2.32. The molecule has 0 amide bonds. The molecule has 6 rings (SSSR count). The number of aromatic amines is 1. The summed E-state index contributed by atoms with van der Waals surface area (Å²) in [4.78, 5) is 6.37. The second-order valence-corrected chi connectivity index (χ2v) is 11.1. The molecule has 1 saturated carbocycles. The van der Waals surface area contributed by atoms with Crippen molar-refractivity contribution in [3.8, 4) is 11.3 Å². The van der Waals surface area contributed by atoms with Gasteiger partial charge in [-0.25, -0.2) is 0 Å². The summed E-state index contributed by atoms with van der Waals surface area (Å²) in [5, 5.41) is 9.81. The van der Waals surface area contributed by atoms with E-state index in [0.29, 0.717) is 23.9 Å². The van der Waals surface area contributed by atoms with Crippen LogP contribution in [0.3, 0.4) is 0 Å². The molecule has 184 valence electrons. The molecule has 2 aliphatic rings. The second-order valence-electron chi connectivity index (χ2n) is 11.1. The largest absolute Gasteiger partial charge is 0.378 e. The standard InChI is InChI=1S/C29H37N5O/c1-17(2)27-24-12-21(20-6-9-22(10-7-20)33(5)23-14-35-15-23)8-11-26(24)31-28(27)25-13-34-16-30-32-29(34)19(4)18(25)3/h8,11-13,16-17,20,22-23,31H,6-7,9-10,14-15H2,1-5H3. The number of rotatable bonds is 5. The molecule has 0 atom stereocenters. The fourth-order valence-corrected chi connectivity index (χ4v) is 6.33. The molecule has 1 aliphatic heterocycles. The van der Waals surface area contributed by atoms with Gasteiger partial charge < -0.3 is 9.72 Å². The molecule has 3 aromatic heterocycles. The lowest BCUT2D eigenvalue weighted by molar-refractivity contribution is -0.0738. The van der Waals surface area contributed by atoms with Gasteiger partial charge in [-0.3, -0.25) is 9.30 Å². The zero-order valence-electron chi connectivity index (χ0n) is 21.6. The van der Waals surface area contributed by atoms with E-state index in [1.54, 1.807) is 6.33 Å². The second kappa shape index (κ2) is 8.75. The van der Waals surface area contributed by atoms with Crippen LogP contribution in [0.4, 0.5) is 0 Å². The molecule has 4 heterocycles. The van der Waals surface area contributed by atoms with Crippen LogP contribution in [0.1, 0.15) is 73.6 Å². The third kappa shape index (κ3) is 3.78. The number of H-pyrrole nitrogens is 1. The van der Waals surface area contributed by atoms with Crippen LogP contribution in [0.5, 0.6) is 0 Å². The normalized spacial score (nSPS) is 21.5. The fraction of sp³-hybridized carbons (Fsp3) is 0.517. The topological polar surface area (TPSA) is 58.5 Å². The third-order valence-electron chi connectivity index (χ3n) is 8.79. The van der Waals surface area contributed by atoms with Crippen LogP contribution in [-0.2, 0) is 4.74 Å². The minimum absolute atomic E-state index is 0.416. The minimum atomic E-state index is 0.416. The maximum Gasteiger partial charge on any atom is 0.163 e. The van der Waals surface area contributed by atoms with E-state index >= 15 is 0 Å². The van der Waals surface area contributed by atoms with Gasteiger partial charge in [0, 0.05) is 28.7 Å². The Kier molecular flexibility index (Phi) is 5.69. The molecule has 6 nitrogen and oxygen atoms in total. The first kappa shape index (κ1) is 22.7. The number of hydrogen-bond acceptors (Lipinski definition) is 4. The summed E-state index contributed by atoms with van der Waals surface area (Å²) in [7, 11) is 2.29. The van der Waals surface area contributed by atoms with E-state index < -0.39 is 0 Å². The van der Waals surface area contributed by atoms with Gasteiger partial charge in [0.05, 0.1) is 24.9 Å². The van der Waals surface area contributed by atoms with E-state index in [2.05, 4.69) is 79.2 Å². The van der Waals surface area contributed by atoms with Gasteiger partial charge in [-0.2, -0.15) is 0 Å². The lowest BCUT2D eigenvalue weighted by Gasteiger charge is -2.42. The van der Waals surface area contributed by atoms with Gasteiger partial charge in [0.1, 0.15) is 6.33 Å². The quantitative estimate of drug-likeness (QED) is 0.389. The summed E-state index contributed by atoms with van der Waals surface area (Å²) in [6.45, 7) is 10.8. The van der Waals surface area contributed by atoms with E-state index in [0.717, 1.165) is 18.9 Å². The Bertz CT molecular complexity index is 1370. The number of pyridine rings is 1. The maximum absolute atomic E-state index is 5.42. The molecule has 35 heavy (non-hydrogen) atoms. The number of nitrogens with zero attached hydrogens (tertiary/aromatic N) is 4. The summed E-state index contributed by atoms with van der Waals surface area (Å²) in [5.74, 6) is 1.07. The molecule has 1 N–H and O–H groups in total. The van der Waals surface area contributed by atoms with E-state index in [1.807, 2.05) is 4.40 Å². The van der Waals surface area contributed by atoms with Gasteiger partial charge in [-0.1, -0.05) is 19.9 Å². The summed E-state index contributed by atoms with van der Waals surface area (Å²) >= 11 is 0. The Hall–Kier alpha value is -2.70. The number of aromatic nitrogens is 4. The molecular weight excluding hydrogens is 434 g/mol. The summed E-state index contributed by atoms with van der Waals surface area (Å²) < 4.78 is 7.47. The number of ether oxygens (including phenoxy) is 1. The number of fused-ring (bicyclic) bond motifs is 2. The zero-order chi connectivity index (χ0) is 24.3. The van der Waals surface area contributed by atoms with Crippen molar-refractivity contribution in [2.75, 3.05) is 20.3 Å². The average molecular weight is 472 g/mol. The molecule has 1 saturated heterocycles. The number of likely N-dealkylation sites (N-methyl/N-ethyl adjacent to an activating group) is 1. The van der Waals surface area contributed by atoms with Crippen LogP contribution >= 0.6 is 0 Å². The van der Waals surface area contributed by atoms with Gasteiger partial charge in [0.2, 0.25) is 0 Å². The summed E-state index contributed by atoms with van der Waals surface area (Å²) in [6.07, 6.45) is 9.08. The van der Waals surface area contributed by atoms with E-state index in [9.17, 15) is 0 Å². The first-order valence-electron chi connectivity index (χ1n) is 13.2. The van der Waals surface area contributed by atoms with Crippen molar-refractivity contribution in [3.63, 3.8) is 0 Å². The van der Waals surface area contributed by atoms with Gasteiger partial charge in [0.15, 0.2) is 5.65 Å². The molecule has 0 bridgehead atoms. The van der Waals surface area contributed by atoms with Crippen molar-refractivity contribution < 1.29 is 4.74 Å². The van der Waals surface area contributed by atoms with E-state index in [4.69, 9.17) is 4.74 Å². The number of hydrogen-bond donors (Lipinski definition) is 1. The smallest absolute Gasteiger partial charge is 0.163 e. The zero-order valence-corrected chi connectivity index (χ0v) is 21.6. The van der Waals surface area contributed by atoms with Gasteiger partial charge in [-0.15, -0.1) is 10.2 Å². The molecule has 6 heteroatoms. The minimum Gasteiger partial charge on any atom is -0.378 e. The van der Waals surface area contributed by atoms with Crippen molar-refractivity contribution in [1.82, 2.24) is 24.5 Å². The average Bonchev–Trinajstić information content (AvgIpc) is 3.44. The number of benzene rings is 1. The highest BCUT2D eigenvalue weighted by atomic mass is 16.5. The highest BCUT2D eigenvalue weighted by molar-refractivity contribution is 5.92. The predicted octanol–water partition coefficient (Wildman–Crippen LogP) is 5.97. The van der Waals surface area contributed by atoms with Crippen LogP contribution in [0.25, 0.3) is 27.8 Å². The summed E-state index contributed by atoms with van der Waals surface area (Å²) in [5.41, 5.74) is 9.99. The molecular formula is C29H37N5O. The van der Waals surface area contributed by atoms with Crippen molar-refractivity contribution in [3.05, 3.63) is 53.0 Å². The molecule has 2 fully saturated rings. The first-order valence-corrected chi connectivity index (χ1v) is 13.2. The Balaban J connectivity index is 1.34. The van der Waals surface area contributed by atoms with E-state index in [1.165, 1.54) is 70.1 Å². The lowest BCUT2D eigenvalue weighted by atomic mass is 9.80. The van der Waals surface area contributed by atoms with Crippen molar-refractivity contribution in [1.29, 1.82) is 0 Å². The molecule has 1 aromatic carbocycles. The molecule has 1 aliphatic carbocycles. The monoisotopic (exact) mass is 471 g/mol. The SMILES string of the molecule is Cc1c(-c2[nH]c3ccc(C4CCC(N(C)C5COC5)CC4)cc3c2C(C)C)cn2cnnc2c1C. The predicted molar refractivity (Wildman–Crippen MR) is 141 cm³/mol. The Morgan fingerprint density at radius 2 is 1.83 bits per heavy atom. The summed E-state index contributed by atoms with van der Waals surface area (Å²) in [6, 6.07) is 8.49. The number of nitrogens with one attached hydrogen (secondary N) is 1. The van der Waals surface area contributed by atoms with Gasteiger partial charge in [0.25, 0.3) is 0 Å². The Labute approximate surface area is 207 Å². The maximum atomic E-state index is 5.42. The van der Waals surface area contributed by atoms with Gasteiger partial charge in [-0.05, 0) is 92.8 Å². The van der Waals surface area contributed by atoms with Gasteiger partial charge >= 0.3 is 0 Å².